The van der Waals surface area contributed by atoms with Crippen LogP contribution in [0.1, 0.15) is 36.8 Å². The highest BCUT2D eigenvalue weighted by Crippen LogP contribution is 2.30. The highest BCUT2D eigenvalue weighted by atomic mass is 19.4. The average Bonchev–Trinajstić information content (AvgIpc) is 2.98. The molecule has 0 unspecified atom stereocenters. The van der Waals surface area contributed by atoms with Crippen LogP contribution in [0.15, 0.2) is 30.5 Å². The van der Waals surface area contributed by atoms with Crippen molar-refractivity contribution >= 4 is 5.91 Å². The Kier molecular flexibility index (Phi) is 5.39. The zero-order chi connectivity index (χ0) is 18.8. The second-order valence-electron chi connectivity index (χ2n) is 6.04. The minimum atomic E-state index is -4.46. The van der Waals surface area contributed by atoms with Gasteiger partial charge >= 0.3 is 6.18 Å². The van der Waals surface area contributed by atoms with Crippen LogP contribution < -0.4 is 10.1 Å². The van der Waals surface area contributed by atoms with E-state index in [1.54, 1.807) is 0 Å². The van der Waals surface area contributed by atoms with E-state index in [0.29, 0.717) is 0 Å². The lowest BCUT2D eigenvalue weighted by atomic mass is 10.1. The molecule has 0 saturated carbocycles. The molecule has 0 bridgehead atoms. The molecule has 1 aromatic carbocycles. The second kappa shape index (κ2) is 7.16. The summed E-state index contributed by atoms with van der Waals surface area (Å²) >= 11 is 0. The van der Waals surface area contributed by atoms with Crippen molar-refractivity contribution < 1.29 is 22.7 Å². The zero-order valence-electron chi connectivity index (χ0n) is 14.4. The number of ether oxygens (including phenoxy) is 1. The number of methoxy groups -OCH3 is 1. The van der Waals surface area contributed by atoms with Crippen LogP contribution in [0.3, 0.4) is 0 Å². The first-order chi connectivity index (χ1) is 11.6. The molecule has 136 valence electrons. The number of nitrogens with zero attached hydrogens (tertiary/aromatic N) is 2. The molecule has 1 aromatic heterocycles. The van der Waals surface area contributed by atoms with Crippen LogP contribution in [0.2, 0.25) is 0 Å². The number of benzene rings is 1. The van der Waals surface area contributed by atoms with Gasteiger partial charge in [-0.2, -0.15) is 18.3 Å². The van der Waals surface area contributed by atoms with Gasteiger partial charge in [0.05, 0.1) is 24.6 Å². The summed E-state index contributed by atoms with van der Waals surface area (Å²) in [5.74, 6) is -0.0323. The Bertz CT molecular complexity index is 754. The van der Waals surface area contributed by atoms with E-state index in [9.17, 15) is 18.0 Å². The fraction of sp³-hybridized carbons (Fsp3) is 0.412. The Labute approximate surface area is 143 Å². The van der Waals surface area contributed by atoms with Gasteiger partial charge in [0.1, 0.15) is 0 Å². The van der Waals surface area contributed by atoms with Crippen molar-refractivity contribution in [1.29, 1.82) is 0 Å². The van der Waals surface area contributed by atoms with Gasteiger partial charge in [0.2, 0.25) is 0 Å². The summed E-state index contributed by atoms with van der Waals surface area (Å²) in [4.78, 5) is 12.4. The van der Waals surface area contributed by atoms with Crippen LogP contribution in [0.4, 0.5) is 13.2 Å². The fourth-order valence-corrected chi connectivity index (χ4v) is 2.06. The summed E-state index contributed by atoms with van der Waals surface area (Å²) in [5.41, 5.74) is -0.588. The van der Waals surface area contributed by atoms with Crippen molar-refractivity contribution in [2.75, 3.05) is 7.11 Å². The number of alkyl halides is 3. The number of carbonyl (C=O) groups excluding carboxylic acids is 1. The molecule has 0 aliphatic rings. The van der Waals surface area contributed by atoms with Gasteiger partial charge in [0.15, 0.2) is 11.4 Å². The van der Waals surface area contributed by atoms with Gasteiger partial charge in [-0.05, 0) is 31.0 Å². The first-order valence-electron chi connectivity index (χ1n) is 7.75. The van der Waals surface area contributed by atoms with E-state index in [-0.39, 0.29) is 29.1 Å². The van der Waals surface area contributed by atoms with Crippen LogP contribution in [-0.4, -0.2) is 28.8 Å². The average molecular weight is 355 g/mol. The Hall–Kier alpha value is -2.51. The summed E-state index contributed by atoms with van der Waals surface area (Å²) in [6, 6.07) is 4.61. The molecule has 0 aliphatic carbocycles. The molecule has 1 N–H and O–H groups in total. The molecule has 0 fully saturated rings. The predicted octanol–water partition coefficient (Wildman–Crippen LogP) is 3.67. The Morgan fingerprint density at radius 3 is 2.52 bits per heavy atom. The maximum atomic E-state index is 12.9. The van der Waals surface area contributed by atoms with Gasteiger partial charge in [-0.15, -0.1) is 0 Å². The minimum Gasteiger partial charge on any atom is -0.493 e. The molecular weight excluding hydrogens is 335 g/mol. The zero-order valence-corrected chi connectivity index (χ0v) is 14.4. The number of rotatable bonds is 5. The summed E-state index contributed by atoms with van der Waals surface area (Å²) in [5, 5.41) is 6.90. The first-order valence-corrected chi connectivity index (χ1v) is 7.75. The quantitative estimate of drug-likeness (QED) is 0.890. The molecule has 1 heterocycles. The van der Waals surface area contributed by atoms with Crippen molar-refractivity contribution in [2.24, 2.45) is 5.92 Å². The van der Waals surface area contributed by atoms with E-state index in [1.807, 2.05) is 20.8 Å². The van der Waals surface area contributed by atoms with Crippen molar-refractivity contribution in [3.63, 3.8) is 0 Å². The third-order valence-electron chi connectivity index (χ3n) is 3.91. The van der Waals surface area contributed by atoms with E-state index in [4.69, 9.17) is 4.74 Å². The Morgan fingerprint density at radius 1 is 1.28 bits per heavy atom. The lowest BCUT2D eigenvalue weighted by molar-refractivity contribution is -0.137. The number of carbonyl (C=O) groups is 1. The number of hydrogen-bond acceptors (Lipinski definition) is 3. The van der Waals surface area contributed by atoms with Gasteiger partial charge in [-0.3, -0.25) is 4.79 Å². The normalized spacial score (nSPS) is 13.0. The third kappa shape index (κ3) is 4.32. The number of amides is 1. The highest BCUT2D eigenvalue weighted by molar-refractivity contribution is 5.95. The molecule has 5 nitrogen and oxygen atoms in total. The van der Waals surface area contributed by atoms with Crippen LogP contribution in [-0.2, 0) is 6.18 Å². The Morgan fingerprint density at radius 2 is 1.96 bits per heavy atom. The van der Waals surface area contributed by atoms with Crippen LogP contribution in [0.25, 0.3) is 5.69 Å². The minimum absolute atomic E-state index is 0.0208. The third-order valence-corrected chi connectivity index (χ3v) is 3.91. The van der Waals surface area contributed by atoms with E-state index in [1.165, 1.54) is 30.1 Å². The monoisotopic (exact) mass is 355 g/mol. The maximum Gasteiger partial charge on any atom is 0.416 e. The van der Waals surface area contributed by atoms with Crippen LogP contribution in [0, 0.1) is 5.92 Å². The van der Waals surface area contributed by atoms with Crippen LogP contribution >= 0.6 is 0 Å². The smallest absolute Gasteiger partial charge is 0.416 e. The van der Waals surface area contributed by atoms with Gasteiger partial charge in [0, 0.05) is 6.04 Å². The standard InChI is InChI=1S/C17H20F3N3O2/c1-10(2)11(3)21-16(24)15-14(25-4)9-23(22-15)13-7-5-6-12(8-13)17(18,19)20/h5-11H,1-4H3,(H,21,24)/t11-/m0/s1. The van der Waals surface area contributed by atoms with Crippen molar-refractivity contribution in [3.8, 4) is 11.4 Å². The largest absolute Gasteiger partial charge is 0.493 e. The van der Waals surface area contributed by atoms with Gasteiger partial charge in [-0.1, -0.05) is 19.9 Å². The molecule has 1 atom stereocenters. The predicted molar refractivity (Wildman–Crippen MR) is 86.9 cm³/mol. The van der Waals surface area contributed by atoms with E-state index in [0.717, 1.165) is 12.1 Å². The van der Waals surface area contributed by atoms with Gasteiger partial charge < -0.3 is 10.1 Å². The molecule has 0 spiro atoms. The first kappa shape index (κ1) is 18.8. The molecular formula is C17H20F3N3O2. The number of nitrogens with one attached hydrogen (secondary N) is 1. The van der Waals surface area contributed by atoms with Gasteiger partial charge in [0.25, 0.3) is 5.91 Å². The molecule has 2 rings (SSSR count). The summed E-state index contributed by atoms with van der Waals surface area (Å²) in [6.07, 6.45) is -3.08. The van der Waals surface area contributed by atoms with Crippen molar-refractivity contribution in [2.45, 2.75) is 33.0 Å². The lowest BCUT2D eigenvalue weighted by Gasteiger charge is -2.16. The van der Waals surface area contributed by atoms with E-state index in [2.05, 4.69) is 10.4 Å². The maximum absolute atomic E-state index is 12.9. The topological polar surface area (TPSA) is 56.2 Å². The summed E-state index contributed by atoms with van der Waals surface area (Å²) in [7, 11) is 1.37. The molecule has 25 heavy (non-hydrogen) atoms. The molecule has 0 aliphatic heterocycles. The Balaban J connectivity index is 2.36. The second-order valence-corrected chi connectivity index (χ2v) is 6.04. The molecule has 8 heteroatoms. The van der Waals surface area contributed by atoms with Gasteiger partial charge in [-0.25, -0.2) is 4.68 Å². The van der Waals surface area contributed by atoms with Crippen molar-refractivity contribution in [1.82, 2.24) is 15.1 Å². The van der Waals surface area contributed by atoms with E-state index >= 15 is 0 Å². The molecule has 0 radical (unpaired) electrons. The lowest BCUT2D eigenvalue weighted by Crippen LogP contribution is -2.36. The molecule has 1 amide bonds. The van der Waals surface area contributed by atoms with Crippen molar-refractivity contribution in [3.05, 3.63) is 41.7 Å². The van der Waals surface area contributed by atoms with E-state index < -0.39 is 17.6 Å². The SMILES string of the molecule is COc1cn(-c2cccc(C(F)(F)F)c2)nc1C(=O)N[C@@H](C)C(C)C. The summed E-state index contributed by atoms with van der Waals surface area (Å²) in [6.45, 7) is 5.78. The number of aromatic nitrogens is 2. The fourth-order valence-electron chi connectivity index (χ4n) is 2.06. The van der Waals surface area contributed by atoms with Crippen LogP contribution in [0.5, 0.6) is 5.75 Å². The molecule has 0 saturated heterocycles. The highest BCUT2D eigenvalue weighted by Gasteiger charge is 2.31. The molecule has 2 aromatic rings. The summed E-state index contributed by atoms with van der Waals surface area (Å²) < 4.78 is 44.9. The number of hydrogen-bond donors (Lipinski definition) is 1. The number of halogens is 3.